The molecule has 0 bridgehead atoms. The molecule has 0 aliphatic heterocycles. The highest BCUT2D eigenvalue weighted by atomic mass is 32.2. The molecule has 2 heterocycles. The van der Waals surface area contributed by atoms with E-state index in [0.717, 1.165) is 22.7 Å². The van der Waals surface area contributed by atoms with Gasteiger partial charge >= 0.3 is 15.5 Å². The highest BCUT2D eigenvalue weighted by molar-refractivity contribution is 7.93. The molecule has 0 aromatic carbocycles. The molecular formula is C7H5F3N4O2S3. The van der Waals surface area contributed by atoms with E-state index in [9.17, 15) is 21.6 Å². The quantitative estimate of drug-likeness (QED) is 0.898. The van der Waals surface area contributed by atoms with Crippen LogP contribution in [0.25, 0.3) is 11.4 Å². The summed E-state index contributed by atoms with van der Waals surface area (Å²) in [4.78, 5) is 7.59. The number of rotatable bonds is 3. The first kappa shape index (κ1) is 14.0. The molecule has 0 aliphatic carbocycles. The summed E-state index contributed by atoms with van der Waals surface area (Å²) in [6.07, 6.45) is 0. The van der Waals surface area contributed by atoms with Gasteiger partial charge in [0.05, 0.1) is 0 Å². The van der Waals surface area contributed by atoms with Gasteiger partial charge in [0.2, 0.25) is 0 Å². The van der Waals surface area contributed by atoms with Crippen LogP contribution in [0, 0.1) is 0 Å². The molecule has 19 heavy (non-hydrogen) atoms. The Hall–Kier alpha value is -1.40. The molecule has 0 saturated carbocycles. The van der Waals surface area contributed by atoms with Gasteiger partial charge in [-0.3, -0.25) is 4.72 Å². The number of halogens is 3. The smallest absolute Gasteiger partial charge is 0.375 e. The van der Waals surface area contributed by atoms with Crippen molar-refractivity contribution in [1.29, 1.82) is 0 Å². The first-order chi connectivity index (χ1) is 8.69. The van der Waals surface area contributed by atoms with Gasteiger partial charge in [-0.1, -0.05) is 0 Å². The number of hydrogen-bond donors (Lipinski definition) is 2. The molecule has 3 N–H and O–H groups in total. The van der Waals surface area contributed by atoms with Crippen LogP contribution in [0.2, 0.25) is 0 Å². The molecule has 2 aromatic heterocycles. The zero-order valence-electron chi connectivity index (χ0n) is 8.80. The van der Waals surface area contributed by atoms with Gasteiger partial charge in [-0.2, -0.15) is 21.6 Å². The molecule has 6 nitrogen and oxygen atoms in total. The number of anilines is 2. The summed E-state index contributed by atoms with van der Waals surface area (Å²) in [5.74, 6) is 0. The normalized spacial score (nSPS) is 12.6. The van der Waals surface area contributed by atoms with Crippen molar-refractivity contribution in [2.24, 2.45) is 0 Å². The number of thiazole rings is 2. The minimum Gasteiger partial charge on any atom is -0.375 e. The first-order valence-electron chi connectivity index (χ1n) is 4.45. The fourth-order valence-corrected chi connectivity index (χ4v) is 3.03. The van der Waals surface area contributed by atoms with Crippen molar-refractivity contribution in [2.45, 2.75) is 5.51 Å². The van der Waals surface area contributed by atoms with Gasteiger partial charge in [0.15, 0.2) is 10.3 Å². The van der Waals surface area contributed by atoms with Crippen LogP contribution in [0.4, 0.5) is 23.4 Å². The Bertz CT molecular complexity index is 691. The molecular weight excluding hydrogens is 325 g/mol. The minimum atomic E-state index is -5.46. The van der Waals surface area contributed by atoms with E-state index in [2.05, 4.69) is 9.97 Å². The predicted molar refractivity (Wildman–Crippen MR) is 66.2 cm³/mol. The second kappa shape index (κ2) is 4.61. The molecule has 2 aromatic rings. The Morgan fingerprint density at radius 1 is 1.16 bits per heavy atom. The van der Waals surface area contributed by atoms with Crippen LogP contribution < -0.4 is 10.5 Å². The lowest BCUT2D eigenvalue weighted by atomic mass is 10.4. The van der Waals surface area contributed by atoms with Crippen molar-refractivity contribution in [1.82, 2.24) is 9.97 Å². The van der Waals surface area contributed by atoms with Crippen LogP contribution >= 0.6 is 22.7 Å². The summed E-state index contributed by atoms with van der Waals surface area (Å²) in [7, 11) is -5.46. The van der Waals surface area contributed by atoms with Crippen molar-refractivity contribution in [3.8, 4) is 11.4 Å². The fraction of sp³-hybridized carbons (Fsp3) is 0.143. The average molecular weight is 330 g/mol. The molecule has 2 rings (SSSR count). The van der Waals surface area contributed by atoms with Gasteiger partial charge in [-0.25, -0.2) is 9.97 Å². The summed E-state index contributed by atoms with van der Waals surface area (Å²) < 4.78 is 59.5. The van der Waals surface area contributed by atoms with Crippen LogP contribution in [0.3, 0.4) is 0 Å². The Labute approximate surface area is 113 Å². The number of alkyl halides is 3. The zero-order valence-corrected chi connectivity index (χ0v) is 11.3. The van der Waals surface area contributed by atoms with Crippen LogP contribution in [-0.4, -0.2) is 23.9 Å². The van der Waals surface area contributed by atoms with E-state index in [4.69, 9.17) is 5.73 Å². The van der Waals surface area contributed by atoms with Gasteiger partial charge in [-0.15, -0.1) is 22.7 Å². The van der Waals surface area contributed by atoms with Crippen LogP contribution in [0.1, 0.15) is 0 Å². The van der Waals surface area contributed by atoms with E-state index in [-0.39, 0.29) is 16.0 Å². The van der Waals surface area contributed by atoms with Crippen molar-refractivity contribution in [3.63, 3.8) is 0 Å². The first-order valence-corrected chi connectivity index (χ1v) is 7.69. The second-order valence-corrected chi connectivity index (χ2v) is 6.58. The Morgan fingerprint density at radius 3 is 2.26 bits per heavy atom. The number of nitrogens with one attached hydrogen (secondary N) is 1. The molecule has 0 atom stereocenters. The van der Waals surface area contributed by atoms with Crippen LogP contribution in [0.15, 0.2) is 10.8 Å². The lowest BCUT2D eigenvalue weighted by Crippen LogP contribution is -2.29. The molecule has 0 fully saturated rings. The topological polar surface area (TPSA) is 98.0 Å². The van der Waals surface area contributed by atoms with Gasteiger partial charge in [0.25, 0.3) is 0 Å². The van der Waals surface area contributed by atoms with Crippen LogP contribution in [0.5, 0.6) is 0 Å². The third-order valence-electron chi connectivity index (χ3n) is 1.81. The van der Waals surface area contributed by atoms with Crippen molar-refractivity contribution in [3.05, 3.63) is 10.8 Å². The lowest BCUT2D eigenvalue weighted by Gasteiger charge is -2.07. The average Bonchev–Trinajstić information content (AvgIpc) is 2.84. The maximum atomic E-state index is 12.2. The van der Waals surface area contributed by atoms with Gasteiger partial charge in [0, 0.05) is 10.8 Å². The largest absolute Gasteiger partial charge is 0.516 e. The van der Waals surface area contributed by atoms with Gasteiger partial charge < -0.3 is 5.73 Å². The minimum absolute atomic E-state index is 0.248. The Balaban J connectivity index is 2.24. The number of hydrogen-bond acceptors (Lipinski definition) is 7. The molecule has 0 spiro atoms. The maximum absolute atomic E-state index is 12.2. The monoisotopic (exact) mass is 330 g/mol. The zero-order chi connectivity index (χ0) is 14.3. The molecule has 104 valence electrons. The summed E-state index contributed by atoms with van der Waals surface area (Å²) in [5.41, 5.74) is 0.639. The van der Waals surface area contributed by atoms with E-state index in [1.165, 1.54) is 10.1 Å². The van der Waals surface area contributed by atoms with Gasteiger partial charge in [-0.05, 0) is 0 Å². The standard InChI is InChI=1S/C7H5F3N4O2S3/c8-7(9,10)19(15,16)14-6-13-4(2-18-6)3-1-17-5(11)12-3/h1-2H,(H2,11,12)(H,13,14). The molecule has 0 unspecified atom stereocenters. The fourth-order valence-electron chi connectivity index (χ4n) is 1.02. The predicted octanol–water partition coefficient (Wildman–Crippen LogP) is 2.11. The Morgan fingerprint density at radius 2 is 1.74 bits per heavy atom. The molecule has 12 heteroatoms. The highest BCUT2D eigenvalue weighted by Gasteiger charge is 2.46. The summed E-state index contributed by atoms with van der Waals surface area (Å²) >= 11 is 1.86. The summed E-state index contributed by atoms with van der Waals surface area (Å²) in [6, 6.07) is 0. The lowest BCUT2D eigenvalue weighted by molar-refractivity contribution is -0.0429. The number of aromatic nitrogens is 2. The van der Waals surface area contributed by atoms with Crippen molar-refractivity contribution < 1.29 is 21.6 Å². The molecule has 0 amide bonds. The number of nitrogens with zero attached hydrogens (tertiary/aromatic N) is 2. The highest BCUT2D eigenvalue weighted by Crippen LogP contribution is 2.30. The number of sulfonamides is 1. The maximum Gasteiger partial charge on any atom is 0.516 e. The van der Waals surface area contributed by atoms with E-state index in [0.29, 0.717) is 5.69 Å². The molecule has 0 radical (unpaired) electrons. The van der Waals surface area contributed by atoms with Crippen LogP contribution in [-0.2, 0) is 10.0 Å². The second-order valence-electron chi connectivity index (χ2n) is 3.16. The van der Waals surface area contributed by atoms with E-state index in [1.807, 2.05) is 0 Å². The van der Waals surface area contributed by atoms with Crippen molar-refractivity contribution >= 4 is 43.0 Å². The number of nitrogens with two attached hydrogens (primary N) is 1. The van der Waals surface area contributed by atoms with E-state index in [1.54, 1.807) is 5.38 Å². The van der Waals surface area contributed by atoms with E-state index >= 15 is 0 Å². The van der Waals surface area contributed by atoms with E-state index < -0.39 is 15.5 Å². The van der Waals surface area contributed by atoms with Gasteiger partial charge in [0.1, 0.15) is 11.4 Å². The van der Waals surface area contributed by atoms with Crippen molar-refractivity contribution in [2.75, 3.05) is 10.5 Å². The summed E-state index contributed by atoms with van der Waals surface area (Å²) in [6.45, 7) is 0. The molecule has 0 saturated heterocycles. The molecule has 0 aliphatic rings. The third kappa shape index (κ3) is 2.96. The third-order valence-corrected chi connectivity index (χ3v) is 4.45. The Kier molecular flexibility index (Phi) is 3.40. The SMILES string of the molecule is Nc1nc(-c2csc(NS(=O)(=O)C(F)(F)F)n2)cs1. The number of nitrogen functional groups attached to an aromatic ring is 1. The summed E-state index contributed by atoms with van der Waals surface area (Å²) in [5, 5.41) is 2.83.